The van der Waals surface area contributed by atoms with E-state index in [9.17, 15) is 19.8 Å². The summed E-state index contributed by atoms with van der Waals surface area (Å²) < 4.78 is 13.3. The second-order valence-electron chi connectivity index (χ2n) is 14.8. The van der Waals surface area contributed by atoms with Gasteiger partial charge < -0.3 is 36.1 Å². The monoisotopic (exact) mass is 770 g/mol. The molecule has 6 rings (SSSR count). The summed E-state index contributed by atoms with van der Waals surface area (Å²) in [6.07, 6.45) is 0.737. The van der Waals surface area contributed by atoms with Crippen LogP contribution in [0.1, 0.15) is 85.3 Å². The third kappa shape index (κ3) is 11.6. The van der Waals surface area contributed by atoms with E-state index in [1.54, 1.807) is 12.1 Å². The predicted octanol–water partition coefficient (Wildman–Crippen LogP) is 7.84. The molecule has 5 aromatic carbocycles. The summed E-state index contributed by atoms with van der Waals surface area (Å²) >= 11 is 0. The van der Waals surface area contributed by atoms with Gasteiger partial charge >= 0.3 is 0 Å². The molecule has 0 unspecified atom stereocenters. The molecule has 1 aliphatic rings. The van der Waals surface area contributed by atoms with Crippen LogP contribution in [0.2, 0.25) is 0 Å². The highest BCUT2D eigenvalue weighted by Crippen LogP contribution is 2.39. The van der Waals surface area contributed by atoms with Gasteiger partial charge in [0.2, 0.25) is 11.8 Å². The summed E-state index contributed by atoms with van der Waals surface area (Å²) in [6, 6.07) is 40.8. The Morgan fingerprint density at radius 1 is 0.789 bits per heavy atom. The van der Waals surface area contributed by atoms with Gasteiger partial charge in [0.25, 0.3) is 0 Å². The topological polar surface area (TPSA) is 146 Å². The van der Waals surface area contributed by atoms with E-state index in [-0.39, 0.29) is 36.7 Å². The number of carbonyl (C=O) groups is 2. The summed E-state index contributed by atoms with van der Waals surface area (Å²) in [5.41, 5.74) is 13.6. The summed E-state index contributed by atoms with van der Waals surface area (Å²) in [4.78, 5) is 27.1. The molecule has 1 heterocycles. The lowest BCUT2D eigenvalue weighted by atomic mass is 9.97. The highest BCUT2D eigenvalue weighted by atomic mass is 16.7. The van der Waals surface area contributed by atoms with Crippen molar-refractivity contribution in [2.45, 2.75) is 82.8 Å². The number of para-hydroxylation sites is 2. The molecule has 6 N–H and O–H groups in total. The fourth-order valence-corrected chi connectivity index (χ4v) is 7.10. The summed E-state index contributed by atoms with van der Waals surface area (Å²) in [6.45, 7) is 2.97. The molecule has 10 nitrogen and oxygen atoms in total. The van der Waals surface area contributed by atoms with Crippen molar-refractivity contribution in [3.63, 3.8) is 0 Å². The van der Waals surface area contributed by atoms with Crippen LogP contribution in [0.3, 0.4) is 0 Å². The largest absolute Gasteiger partial charge is 0.397 e. The second kappa shape index (κ2) is 20.2. The molecule has 1 saturated heterocycles. The van der Waals surface area contributed by atoms with Crippen LogP contribution in [0.25, 0.3) is 11.1 Å². The van der Waals surface area contributed by atoms with E-state index < -0.39 is 12.4 Å². The minimum Gasteiger partial charge on any atom is -0.397 e. The first-order chi connectivity index (χ1) is 27.7. The van der Waals surface area contributed by atoms with Gasteiger partial charge in [-0.3, -0.25) is 14.5 Å². The maximum atomic E-state index is 12.7. The normalized spacial score (nSPS) is 17.8. The number of hydrogen-bond acceptors (Lipinski definition) is 8. The molecule has 0 saturated carbocycles. The smallest absolute Gasteiger partial charge is 0.224 e. The van der Waals surface area contributed by atoms with Crippen LogP contribution in [0.15, 0.2) is 127 Å². The minimum atomic E-state index is -0.652. The lowest BCUT2D eigenvalue weighted by Gasteiger charge is -2.39. The number of nitrogen functional groups attached to an aromatic ring is 1. The minimum absolute atomic E-state index is 0.0268. The van der Waals surface area contributed by atoms with Gasteiger partial charge in [-0.15, -0.1) is 0 Å². The molecule has 57 heavy (non-hydrogen) atoms. The molecule has 2 amide bonds. The number of amides is 2. The Kier molecular flexibility index (Phi) is 14.6. The van der Waals surface area contributed by atoms with Crippen LogP contribution in [-0.4, -0.2) is 52.7 Å². The molecule has 1 fully saturated rings. The molecular formula is C47H54N4O6. The number of likely N-dealkylation sites (N-methyl/N-ethyl adjacent to an activating group) is 1. The maximum absolute atomic E-state index is 12.7. The van der Waals surface area contributed by atoms with Crippen LogP contribution in [-0.2, 0) is 32.2 Å². The molecule has 298 valence electrons. The van der Waals surface area contributed by atoms with Gasteiger partial charge in [-0.25, -0.2) is 0 Å². The SMILES string of the molecule is C[C@H]([C@@H](O)c1ccccc1)N(C)C[C@@H]1C[C@H](c2ccc(CO)cc2)O[C@H](c2cccc(-c3cccc(CNC(=O)CCCCC(=O)Nc4ccccc4N)c3)c2)O1. The van der Waals surface area contributed by atoms with Crippen LogP contribution in [0.5, 0.6) is 0 Å². The Morgan fingerprint density at radius 3 is 2.21 bits per heavy atom. The average Bonchev–Trinajstić information content (AvgIpc) is 3.25. The van der Waals surface area contributed by atoms with Crippen LogP contribution >= 0.6 is 0 Å². The highest BCUT2D eigenvalue weighted by Gasteiger charge is 2.34. The van der Waals surface area contributed by atoms with E-state index in [1.165, 1.54) is 0 Å². The first-order valence-corrected chi connectivity index (χ1v) is 19.7. The third-order valence-electron chi connectivity index (χ3n) is 10.6. The van der Waals surface area contributed by atoms with Crippen LogP contribution < -0.4 is 16.4 Å². The number of unbranched alkanes of at least 4 members (excludes halogenated alkanes) is 1. The van der Waals surface area contributed by atoms with E-state index in [0.717, 1.165) is 38.9 Å². The van der Waals surface area contributed by atoms with Crippen molar-refractivity contribution in [1.82, 2.24) is 10.2 Å². The first-order valence-electron chi connectivity index (χ1n) is 19.7. The highest BCUT2D eigenvalue weighted by molar-refractivity contribution is 5.93. The number of hydrogen-bond donors (Lipinski definition) is 5. The standard InChI is InChI=1S/C47H54N4O6/c1-32(46(55)36-13-4-3-5-14-36)51(2)30-40-28-43(35-24-22-33(31-52)23-25-35)57-47(56-40)39-17-11-16-38(27-39)37-15-10-12-34(26-37)29-49-44(53)20-8-9-21-45(54)50-42-19-7-6-18-41(42)48/h3-7,10-19,22-27,32,40,43,46-47,52,55H,8-9,20-21,28-31,48H2,1-2H3,(H,49,53)(H,50,54)/t32-,40+,43-,46-,47-/m1/s1. The third-order valence-corrected chi connectivity index (χ3v) is 10.6. The number of anilines is 2. The van der Waals surface area contributed by atoms with E-state index in [4.69, 9.17) is 15.2 Å². The molecular weight excluding hydrogens is 717 g/mol. The molecule has 0 aliphatic carbocycles. The Bertz CT molecular complexity index is 2060. The number of carbonyl (C=O) groups excluding carboxylic acids is 2. The van der Waals surface area contributed by atoms with Gasteiger partial charge in [0.1, 0.15) is 0 Å². The lowest BCUT2D eigenvalue weighted by Crippen LogP contribution is -2.43. The zero-order valence-electron chi connectivity index (χ0n) is 32.7. The fraction of sp³-hybridized carbons (Fsp3) is 0.319. The van der Waals surface area contributed by atoms with E-state index in [1.807, 2.05) is 111 Å². The number of nitrogens with two attached hydrogens (primary N) is 1. The molecule has 0 spiro atoms. The Morgan fingerprint density at radius 2 is 1.47 bits per heavy atom. The van der Waals surface area contributed by atoms with Crippen molar-refractivity contribution < 1.29 is 29.3 Å². The molecule has 5 aromatic rings. The van der Waals surface area contributed by atoms with E-state index >= 15 is 0 Å². The summed E-state index contributed by atoms with van der Waals surface area (Å²) in [5, 5.41) is 26.6. The van der Waals surface area contributed by atoms with Gasteiger partial charge in [0, 0.05) is 44.0 Å². The van der Waals surface area contributed by atoms with Gasteiger partial charge in [-0.05, 0) is 84.5 Å². The Labute approximate surface area is 335 Å². The van der Waals surface area contributed by atoms with E-state index in [0.29, 0.717) is 56.6 Å². The summed E-state index contributed by atoms with van der Waals surface area (Å²) in [5.74, 6) is -0.187. The average molecular weight is 771 g/mol. The molecule has 0 bridgehead atoms. The quantitative estimate of drug-likeness (QED) is 0.0475. The van der Waals surface area contributed by atoms with Crippen LogP contribution in [0.4, 0.5) is 11.4 Å². The Hall–Kier alpha value is -5.36. The molecule has 0 radical (unpaired) electrons. The number of aliphatic hydroxyl groups excluding tert-OH is 2. The van der Waals surface area contributed by atoms with Crippen molar-refractivity contribution >= 4 is 23.2 Å². The zero-order chi connectivity index (χ0) is 40.1. The maximum Gasteiger partial charge on any atom is 0.224 e. The van der Waals surface area contributed by atoms with Gasteiger partial charge in [0.05, 0.1) is 36.3 Å². The zero-order valence-corrected chi connectivity index (χ0v) is 32.7. The lowest BCUT2D eigenvalue weighted by molar-refractivity contribution is -0.253. The number of aliphatic hydroxyl groups is 2. The van der Waals surface area contributed by atoms with Gasteiger partial charge in [-0.2, -0.15) is 0 Å². The molecule has 5 atom stereocenters. The number of nitrogens with one attached hydrogen (secondary N) is 2. The van der Waals surface area contributed by atoms with Gasteiger partial charge in [0.15, 0.2) is 6.29 Å². The molecule has 0 aromatic heterocycles. The van der Waals surface area contributed by atoms with E-state index in [2.05, 4.69) is 33.7 Å². The fourth-order valence-electron chi connectivity index (χ4n) is 7.10. The Balaban J connectivity index is 1.07. The van der Waals surface area contributed by atoms with Crippen molar-refractivity contribution in [3.05, 3.63) is 155 Å². The second-order valence-corrected chi connectivity index (χ2v) is 14.8. The number of nitrogens with zero attached hydrogens (tertiary/aromatic N) is 1. The number of benzene rings is 5. The first kappa shape index (κ1) is 41.3. The number of rotatable bonds is 17. The molecule has 1 aliphatic heterocycles. The van der Waals surface area contributed by atoms with Crippen molar-refractivity contribution in [3.8, 4) is 11.1 Å². The summed E-state index contributed by atoms with van der Waals surface area (Å²) in [7, 11) is 2.01. The molecule has 10 heteroatoms. The van der Waals surface area contributed by atoms with Crippen molar-refractivity contribution in [1.29, 1.82) is 0 Å². The van der Waals surface area contributed by atoms with Crippen molar-refractivity contribution in [2.75, 3.05) is 24.6 Å². The van der Waals surface area contributed by atoms with Crippen LogP contribution in [0, 0.1) is 0 Å². The van der Waals surface area contributed by atoms with Crippen molar-refractivity contribution in [2.24, 2.45) is 0 Å². The number of ether oxygens (including phenoxy) is 2. The van der Waals surface area contributed by atoms with Gasteiger partial charge in [-0.1, -0.05) is 103 Å². The predicted molar refractivity (Wildman–Crippen MR) is 224 cm³/mol.